The zero-order valence-electron chi connectivity index (χ0n) is 12.6. The topological polar surface area (TPSA) is 77.6 Å². The van der Waals surface area contributed by atoms with Gasteiger partial charge in [-0.15, -0.1) is 0 Å². The molecule has 22 heavy (non-hydrogen) atoms. The third kappa shape index (κ3) is 2.60. The lowest BCUT2D eigenvalue weighted by molar-refractivity contribution is 0.101. The maximum Gasteiger partial charge on any atom is 0.273 e. The number of aromatic nitrogens is 5. The number of anilines is 1. The first-order chi connectivity index (χ1) is 10.5. The highest BCUT2D eigenvalue weighted by molar-refractivity contribution is 6.03. The number of amides is 1. The molecule has 0 spiro atoms. The summed E-state index contributed by atoms with van der Waals surface area (Å²) in [6.45, 7) is 3.75. The SMILES string of the molecule is Cc1cc(C(=O)Nc2ccc(-n3ccnc3C)nc2)n(C)n1. The highest BCUT2D eigenvalue weighted by Gasteiger charge is 2.12. The van der Waals surface area contributed by atoms with E-state index in [4.69, 9.17) is 0 Å². The molecule has 1 N–H and O–H groups in total. The molecule has 0 bridgehead atoms. The molecule has 3 aromatic heterocycles. The van der Waals surface area contributed by atoms with E-state index >= 15 is 0 Å². The summed E-state index contributed by atoms with van der Waals surface area (Å²) in [6, 6.07) is 5.38. The van der Waals surface area contributed by atoms with Gasteiger partial charge in [0.05, 0.1) is 17.6 Å². The van der Waals surface area contributed by atoms with Crippen molar-refractivity contribution in [1.82, 2.24) is 24.3 Å². The first-order valence-corrected chi connectivity index (χ1v) is 6.83. The quantitative estimate of drug-likeness (QED) is 0.800. The Morgan fingerprint density at radius 1 is 1.23 bits per heavy atom. The number of aryl methyl sites for hydroxylation is 3. The lowest BCUT2D eigenvalue weighted by atomic mass is 10.3. The first-order valence-electron chi connectivity index (χ1n) is 6.83. The molecule has 7 nitrogen and oxygen atoms in total. The number of imidazole rings is 1. The zero-order chi connectivity index (χ0) is 15.7. The zero-order valence-corrected chi connectivity index (χ0v) is 12.6. The fourth-order valence-corrected chi connectivity index (χ4v) is 2.24. The lowest BCUT2D eigenvalue weighted by Gasteiger charge is -2.07. The molecule has 112 valence electrons. The standard InChI is InChI=1S/C15H16N6O/c1-10-8-13(20(3)19-10)15(22)18-12-4-5-14(17-9-12)21-7-6-16-11(21)2/h4-9H,1-3H3,(H,18,22). The van der Waals surface area contributed by atoms with Gasteiger partial charge >= 0.3 is 0 Å². The van der Waals surface area contributed by atoms with Crippen molar-refractivity contribution in [1.29, 1.82) is 0 Å². The highest BCUT2D eigenvalue weighted by atomic mass is 16.2. The van der Waals surface area contributed by atoms with Gasteiger partial charge in [-0.25, -0.2) is 9.97 Å². The van der Waals surface area contributed by atoms with Crippen LogP contribution in [0.4, 0.5) is 5.69 Å². The summed E-state index contributed by atoms with van der Waals surface area (Å²) in [4.78, 5) is 20.7. The molecule has 0 aliphatic rings. The molecule has 3 heterocycles. The molecular weight excluding hydrogens is 280 g/mol. The fraction of sp³-hybridized carbons (Fsp3) is 0.200. The van der Waals surface area contributed by atoms with Gasteiger partial charge in [0.2, 0.25) is 0 Å². The van der Waals surface area contributed by atoms with E-state index in [1.54, 1.807) is 30.2 Å². The van der Waals surface area contributed by atoms with Crippen LogP contribution in [0.5, 0.6) is 0 Å². The van der Waals surface area contributed by atoms with Crippen molar-refractivity contribution in [3.05, 3.63) is 54.0 Å². The van der Waals surface area contributed by atoms with Gasteiger partial charge < -0.3 is 5.32 Å². The number of nitrogens with one attached hydrogen (secondary N) is 1. The number of carbonyl (C=O) groups is 1. The van der Waals surface area contributed by atoms with E-state index in [-0.39, 0.29) is 5.91 Å². The van der Waals surface area contributed by atoms with Crippen molar-refractivity contribution in [2.45, 2.75) is 13.8 Å². The van der Waals surface area contributed by atoms with E-state index in [2.05, 4.69) is 20.4 Å². The van der Waals surface area contributed by atoms with Crippen molar-refractivity contribution in [3.8, 4) is 5.82 Å². The van der Waals surface area contributed by atoms with Crippen molar-refractivity contribution >= 4 is 11.6 Å². The third-order valence-corrected chi connectivity index (χ3v) is 3.31. The fourth-order valence-electron chi connectivity index (χ4n) is 2.24. The second kappa shape index (κ2) is 5.44. The van der Waals surface area contributed by atoms with Crippen LogP contribution >= 0.6 is 0 Å². The van der Waals surface area contributed by atoms with Crippen LogP contribution in [0.15, 0.2) is 36.8 Å². The van der Waals surface area contributed by atoms with Gasteiger partial charge in [0.1, 0.15) is 17.3 Å². The number of pyridine rings is 1. The van der Waals surface area contributed by atoms with Gasteiger partial charge in [-0.1, -0.05) is 0 Å². The Hall–Kier alpha value is -2.96. The van der Waals surface area contributed by atoms with Crippen LogP contribution in [-0.2, 0) is 7.05 Å². The Balaban J connectivity index is 1.78. The summed E-state index contributed by atoms with van der Waals surface area (Å²) in [5.41, 5.74) is 1.94. The van der Waals surface area contributed by atoms with Gasteiger partial charge in [-0.05, 0) is 32.0 Å². The molecule has 3 rings (SSSR count). The molecule has 0 saturated heterocycles. The Bertz CT molecular complexity index is 815. The van der Waals surface area contributed by atoms with Crippen molar-refractivity contribution in [2.75, 3.05) is 5.32 Å². The second-order valence-corrected chi connectivity index (χ2v) is 5.00. The number of hydrogen-bond donors (Lipinski definition) is 1. The van der Waals surface area contributed by atoms with Crippen LogP contribution in [0.1, 0.15) is 22.0 Å². The van der Waals surface area contributed by atoms with Crippen molar-refractivity contribution < 1.29 is 4.79 Å². The van der Waals surface area contributed by atoms with E-state index in [1.165, 1.54) is 0 Å². The molecule has 3 aromatic rings. The van der Waals surface area contributed by atoms with E-state index in [1.807, 2.05) is 36.7 Å². The van der Waals surface area contributed by atoms with E-state index in [0.717, 1.165) is 17.3 Å². The molecule has 0 radical (unpaired) electrons. The molecule has 0 fully saturated rings. The number of rotatable bonds is 3. The first kappa shape index (κ1) is 14.0. The number of hydrogen-bond acceptors (Lipinski definition) is 4. The van der Waals surface area contributed by atoms with Crippen LogP contribution in [0.2, 0.25) is 0 Å². The summed E-state index contributed by atoms with van der Waals surface area (Å²) in [7, 11) is 1.74. The van der Waals surface area contributed by atoms with Crippen LogP contribution in [0.25, 0.3) is 5.82 Å². The van der Waals surface area contributed by atoms with Gasteiger partial charge in [-0.3, -0.25) is 14.0 Å². The van der Waals surface area contributed by atoms with Gasteiger partial charge in [0, 0.05) is 19.4 Å². The number of carbonyl (C=O) groups excluding carboxylic acids is 1. The van der Waals surface area contributed by atoms with Crippen LogP contribution in [0, 0.1) is 13.8 Å². The van der Waals surface area contributed by atoms with Crippen LogP contribution in [-0.4, -0.2) is 30.2 Å². The number of nitrogens with zero attached hydrogens (tertiary/aromatic N) is 5. The largest absolute Gasteiger partial charge is 0.319 e. The minimum atomic E-state index is -0.212. The molecule has 1 amide bonds. The molecule has 0 aromatic carbocycles. The third-order valence-electron chi connectivity index (χ3n) is 3.31. The summed E-state index contributed by atoms with van der Waals surface area (Å²) in [5.74, 6) is 1.40. The Morgan fingerprint density at radius 2 is 2.05 bits per heavy atom. The van der Waals surface area contributed by atoms with Gasteiger partial charge in [0.25, 0.3) is 5.91 Å². The molecule has 0 aliphatic carbocycles. The van der Waals surface area contributed by atoms with Crippen molar-refractivity contribution in [3.63, 3.8) is 0 Å². The molecule has 0 atom stereocenters. The maximum absolute atomic E-state index is 12.2. The summed E-state index contributed by atoms with van der Waals surface area (Å²) >= 11 is 0. The average molecular weight is 296 g/mol. The minimum absolute atomic E-state index is 0.212. The highest BCUT2D eigenvalue weighted by Crippen LogP contribution is 2.13. The summed E-state index contributed by atoms with van der Waals surface area (Å²) in [6.07, 6.45) is 5.18. The Kier molecular flexibility index (Phi) is 3.46. The second-order valence-electron chi connectivity index (χ2n) is 5.00. The van der Waals surface area contributed by atoms with Crippen molar-refractivity contribution in [2.24, 2.45) is 7.05 Å². The van der Waals surface area contributed by atoms with Gasteiger partial charge in [0.15, 0.2) is 0 Å². The van der Waals surface area contributed by atoms with E-state index < -0.39 is 0 Å². The maximum atomic E-state index is 12.2. The predicted octanol–water partition coefficient (Wildman–Crippen LogP) is 1.87. The smallest absolute Gasteiger partial charge is 0.273 e. The monoisotopic (exact) mass is 296 g/mol. The van der Waals surface area contributed by atoms with E-state index in [0.29, 0.717) is 11.4 Å². The minimum Gasteiger partial charge on any atom is -0.319 e. The van der Waals surface area contributed by atoms with Gasteiger partial charge in [-0.2, -0.15) is 5.10 Å². The Morgan fingerprint density at radius 3 is 2.59 bits per heavy atom. The van der Waals surface area contributed by atoms with Crippen LogP contribution in [0.3, 0.4) is 0 Å². The molecule has 0 aliphatic heterocycles. The van der Waals surface area contributed by atoms with E-state index in [9.17, 15) is 4.79 Å². The lowest BCUT2D eigenvalue weighted by Crippen LogP contribution is -2.16. The molecular formula is C15H16N6O. The molecule has 7 heteroatoms. The molecule has 0 unspecified atom stereocenters. The average Bonchev–Trinajstić information content (AvgIpc) is 3.05. The predicted molar refractivity (Wildman–Crippen MR) is 82.0 cm³/mol. The normalized spacial score (nSPS) is 10.7. The Labute approximate surface area is 127 Å². The molecule has 0 saturated carbocycles. The summed E-state index contributed by atoms with van der Waals surface area (Å²) < 4.78 is 3.43. The summed E-state index contributed by atoms with van der Waals surface area (Å²) in [5, 5.41) is 6.97. The van der Waals surface area contributed by atoms with Crippen LogP contribution < -0.4 is 5.32 Å².